The predicted octanol–water partition coefficient (Wildman–Crippen LogP) is 11.8. The van der Waals surface area contributed by atoms with Gasteiger partial charge in [0.2, 0.25) is 0 Å². The molecule has 38 heavy (non-hydrogen) atoms. The first-order valence-corrected chi connectivity index (χ1v) is 20.1. The van der Waals surface area contributed by atoms with Crippen molar-refractivity contribution in [3.8, 4) is 0 Å². The first-order valence-electron chi connectivity index (χ1n) is 17.4. The Bertz CT molecular complexity index is 397. The van der Waals surface area contributed by atoms with E-state index in [4.69, 9.17) is 0 Å². The molecule has 0 aliphatic heterocycles. The van der Waals surface area contributed by atoms with E-state index in [1.54, 1.807) is 0 Å². The standard InChI is InChI=1S/C34H70O2S2/c1-4-6-8-10-12-14-16-18-20-22-24-26-28-30-32-37(35)34(3)38(36)33-31-29-27-25-23-21-19-17-15-13-11-9-7-5-2/h34H,4-33H2,1-3H3. The fraction of sp³-hybridized carbons (Fsp3) is 1.00. The van der Waals surface area contributed by atoms with Gasteiger partial charge < -0.3 is 9.11 Å². The van der Waals surface area contributed by atoms with E-state index in [0.29, 0.717) is 0 Å². The highest BCUT2D eigenvalue weighted by Gasteiger charge is 2.27. The van der Waals surface area contributed by atoms with Gasteiger partial charge in [-0.05, 0) is 25.7 Å². The zero-order valence-electron chi connectivity index (χ0n) is 26.4. The summed E-state index contributed by atoms with van der Waals surface area (Å²) in [5, 5.41) is 0. The fourth-order valence-electron chi connectivity index (χ4n) is 5.33. The van der Waals surface area contributed by atoms with Crippen molar-refractivity contribution in [2.45, 2.75) is 205 Å². The summed E-state index contributed by atoms with van der Waals surface area (Å²) in [6.07, 6.45) is 37.7. The molecule has 0 aromatic heterocycles. The summed E-state index contributed by atoms with van der Waals surface area (Å²) in [5.74, 6) is 1.48. The Hall–Kier alpha value is 0.620. The van der Waals surface area contributed by atoms with E-state index in [1.165, 1.54) is 167 Å². The molecule has 0 N–H and O–H groups in total. The summed E-state index contributed by atoms with van der Waals surface area (Å²) < 4.78 is 25.0. The fourth-order valence-corrected chi connectivity index (χ4v) is 8.51. The molecule has 0 saturated carbocycles. The van der Waals surface area contributed by atoms with Crippen LogP contribution in [0.5, 0.6) is 0 Å². The molecular formula is C34H70O2S2. The molecule has 230 valence electrons. The Morgan fingerprint density at radius 3 is 0.737 bits per heavy atom. The van der Waals surface area contributed by atoms with Gasteiger partial charge in [0.05, 0.1) is 0 Å². The van der Waals surface area contributed by atoms with Crippen molar-refractivity contribution < 1.29 is 9.11 Å². The molecule has 2 atom stereocenters. The van der Waals surface area contributed by atoms with Gasteiger partial charge in [-0.1, -0.05) is 168 Å². The van der Waals surface area contributed by atoms with Gasteiger partial charge in [0.15, 0.2) is 0 Å². The molecule has 0 aromatic carbocycles. The van der Waals surface area contributed by atoms with Gasteiger partial charge in [-0.15, -0.1) is 0 Å². The summed E-state index contributed by atoms with van der Waals surface area (Å²) in [5.41, 5.74) is 0. The van der Waals surface area contributed by atoms with Crippen molar-refractivity contribution in [1.29, 1.82) is 0 Å². The van der Waals surface area contributed by atoms with Crippen LogP contribution >= 0.6 is 0 Å². The molecule has 0 amide bonds. The highest BCUT2D eigenvalue weighted by atomic mass is 32.3. The molecule has 0 radical (unpaired) electrons. The number of hydrogen-bond donors (Lipinski definition) is 0. The second kappa shape index (κ2) is 32.1. The predicted molar refractivity (Wildman–Crippen MR) is 176 cm³/mol. The van der Waals surface area contributed by atoms with Gasteiger partial charge in [-0.2, -0.15) is 0 Å². The molecule has 2 nitrogen and oxygen atoms in total. The highest BCUT2D eigenvalue weighted by molar-refractivity contribution is 8.09. The van der Waals surface area contributed by atoms with E-state index in [2.05, 4.69) is 13.8 Å². The van der Waals surface area contributed by atoms with Crippen LogP contribution in [0.4, 0.5) is 0 Å². The maximum absolute atomic E-state index is 12.6. The highest BCUT2D eigenvalue weighted by Crippen LogP contribution is 2.18. The van der Waals surface area contributed by atoms with Gasteiger partial charge in [0.25, 0.3) is 4.58 Å². The molecule has 0 bridgehead atoms. The van der Waals surface area contributed by atoms with Crippen LogP contribution in [0.3, 0.4) is 0 Å². The monoisotopic (exact) mass is 574 g/mol. The zero-order chi connectivity index (χ0) is 27.9. The van der Waals surface area contributed by atoms with Gasteiger partial charge in [-0.25, -0.2) is 0 Å². The van der Waals surface area contributed by atoms with E-state index in [0.717, 1.165) is 24.3 Å². The van der Waals surface area contributed by atoms with Crippen LogP contribution in [0.2, 0.25) is 0 Å². The van der Waals surface area contributed by atoms with E-state index in [1.807, 2.05) is 6.92 Å². The van der Waals surface area contributed by atoms with Crippen LogP contribution in [0.1, 0.15) is 201 Å². The molecule has 0 aliphatic carbocycles. The maximum atomic E-state index is 12.6. The zero-order valence-corrected chi connectivity index (χ0v) is 28.1. The summed E-state index contributed by atoms with van der Waals surface area (Å²) in [7, 11) is 0. The lowest BCUT2D eigenvalue weighted by molar-refractivity contribution is 0.536. The van der Waals surface area contributed by atoms with Crippen LogP contribution in [0.15, 0.2) is 0 Å². The van der Waals surface area contributed by atoms with Crippen LogP contribution in [0, 0.1) is 0 Å². The summed E-state index contributed by atoms with van der Waals surface area (Å²) in [4.78, 5) is 0. The third-order valence-corrected chi connectivity index (χ3v) is 12.3. The van der Waals surface area contributed by atoms with Gasteiger partial charge in [0.1, 0.15) is 11.5 Å². The smallest absolute Gasteiger partial charge is 0.259 e. The van der Waals surface area contributed by atoms with Crippen molar-refractivity contribution in [2.75, 3.05) is 11.5 Å². The lowest BCUT2D eigenvalue weighted by atomic mass is 10.0. The molecule has 0 aromatic rings. The van der Waals surface area contributed by atoms with E-state index >= 15 is 0 Å². The lowest BCUT2D eigenvalue weighted by Crippen LogP contribution is -2.31. The van der Waals surface area contributed by atoms with Crippen LogP contribution in [-0.2, 0) is 22.4 Å². The average molecular weight is 575 g/mol. The minimum Gasteiger partial charge on any atom is -0.612 e. The van der Waals surface area contributed by atoms with Gasteiger partial charge in [-0.3, -0.25) is 0 Å². The van der Waals surface area contributed by atoms with Crippen molar-refractivity contribution in [3.63, 3.8) is 0 Å². The molecule has 0 saturated heterocycles. The first kappa shape index (κ1) is 38.6. The van der Waals surface area contributed by atoms with E-state index in [9.17, 15) is 9.11 Å². The maximum Gasteiger partial charge on any atom is 0.259 e. The van der Waals surface area contributed by atoms with Crippen molar-refractivity contribution in [1.82, 2.24) is 0 Å². The van der Waals surface area contributed by atoms with Crippen LogP contribution in [0.25, 0.3) is 0 Å². The second-order valence-electron chi connectivity index (χ2n) is 11.9. The minimum absolute atomic E-state index is 0.154. The molecule has 0 rings (SSSR count). The molecule has 0 aliphatic rings. The van der Waals surface area contributed by atoms with Crippen molar-refractivity contribution in [3.05, 3.63) is 0 Å². The Morgan fingerprint density at radius 2 is 0.526 bits per heavy atom. The number of unbranched alkanes of at least 4 members (excludes halogenated alkanes) is 26. The lowest BCUT2D eigenvalue weighted by Gasteiger charge is -2.21. The summed E-state index contributed by atoms with van der Waals surface area (Å²) in [6.45, 7) is 6.51. The SMILES string of the molecule is CCCCCCCCCCCCCCCC[S+]([O-])C(C)[S+]([O-])CCCCCCCCCCCCCCCC. The van der Waals surface area contributed by atoms with Gasteiger partial charge in [0, 0.05) is 29.3 Å². The van der Waals surface area contributed by atoms with Crippen LogP contribution in [-0.4, -0.2) is 25.2 Å². The van der Waals surface area contributed by atoms with E-state index < -0.39 is 22.4 Å². The largest absolute Gasteiger partial charge is 0.612 e. The second-order valence-corrected chi connectivity index (χ2v) is 16.0. The molecule has 4 heteroatoms. The normalized spacial score (nSPS) is 14.1. The Kier molecular flexibility index (Phi) is 32.7. The third-order valence-electron chi connectivity index (χ3n) is 8.14. The Balaban J connectivity index is 3.41. The summed E-state index contributed by atoms with van der Waals surface area (Å²) >= 11 is -1.86. The molecule has 0 spiro atoms. The first-order chi connectivity index (χ1) is 18.6. The van der Waals surface area contributed by atoms with E-state index in [-0.39, 0.29) is 4.58 Å². The number of rotatable bonds is 32. The molecule has 0 heterocycles. The topological polar surface area (TPSA) is 46.1 Å². The Morgan fingerprint density at radius 1 is 0.342 bits per heavy atom. The Labute approximate surface area is 247 Å². The van der Waals surface area contributed by atoms with Gasteiger partial charge >= 0.3 is 0 Å². The van der Waals surface area contributed by atoms with Crippen molar-refractivity contribution in [2.24, 2.45) is 0 Å². The average Bonchev–Trinajstić information content (AvgIpc) is 2.92. The van der Waals surface area contributed by atoms with Crippen LogP contribution < -0.4 is 0 Å². The molecular weight excluding hydrogens is 505 g/mol. The number of hydrogen-bond acceptors (Lipinski definition) is 2. The van der Waals surface area contributed by atoms with Crippen molar-refractivity contribution >= 4 is 22.4 Å². The summed E-state index contributed by atoms with van der Waals surface area (Å²) in [6, 6.07) is 0. The third kappa shape index (κ3) is 28.2. The minimum atomic E-state index is -0.929. The quantitative estimate of drug-likeness (QED) is 0.0592. The molecule has 2 unspecified atom stereocenters. The molecule has 0 fully saturated rings.